The normalized spacial score (nSPS) is 23.3. The lowest BCUT2D eigenvalue weighted by atomic mass is 9.85. The molecule has 1 saturated carbocycles. The number of benzene rings is 1. The Bertz CT molecular complexity index is 459. The molecule has 2 rings (SSSR count). The fourth-order valence-corrected chi connectivity index (χ4v) is 2.70. The predicted octanol–water partition coefficient (Wildman–Crippen LogP) is 2.61. The van der Waals surface area contributed by atoms with Gasteiger partial charge in [0.1, 0.15) is 5.82 Å². The minimum Gasteiger partial charge on any atom is -0.369 e. The van der Waals surface area contributed by atoms with Gasteiger partial charge in [-0.25, -0.2) is 4.39 Å². The van der Waals surface area contributed by atoms with E-state index in [4.69, 9.17) is 17.3 Å². The van der Waals surface area contributed by atoms with Crippen molar-refractivity contribution in [3.63, 3.8) is 0 Å². The van der Waals surface area contributed by atoms with E-state index in [-0.39, 0.29) is 17.6 Å². The molecule has 1 aliphatic carbocycles. The largest absolute Gasteiger partial charge is 0.369 e. The topological polar surface area (TPSA) is 55.1 Å². The number of halogens is 2. The molecule has 0 aliphatic heterocycles. The zero-order chi connectivity index (χ0) is 13.8. The molecule has 1 amide bonds. The Morgan fingerprint density at radius 2 is 2.05 bits per heavy atom. The molecule has 1 aromatic carbocycles. The number of nitrogens with one attached hydrogen (secondary N) is 1. The zero-order valence-electron chi connectivity index (χ0n) is 10.7. The first kappa shape index (κ1) is 14.3. The molecule has 0 heterocycles. The van der Waals surface area contributed by atoms with Crippen LogP contribution >= 0.6 is 11.6 Å². The van der Waals surface area contributed by atoms with E-state index in [1.165, 1.54) is 12.1 Å². The van der Waals surface area contributed by atoms with Gasteiger partial charge in [0.25, 0.3) is 0 Å². The van der Waals surface area contributed by atoms with Gasteiger partial charge in [0.2, 0.25) is 5.91 Å². The number of amides is 1. The smallest absolute Gasteiger partial charge is 0.220 e. The SMILES string of the molecule is NC(=O)C1CCC(NCc2cc(F)ccc2Cl)CC1. The predicted molar refractivity (Wildman–Crippen MR) is 73.2 cm³/mol. The number of carbonyl (C=O) groups excluding carboxylic acids is 1. The second-order valence-corrected chi connectivity index (χ2v) is 5.47. The highest BCUT2D eigenvalue weighted by Gasteiger charge is 2.24. The van der Waals surface area contributed by atoms with Gasteiger partial charge in [-0.2, -0.15) is 0 Å². The summed E-state index contributed by atoms with van der Waals surface area (Å²) in [6.45, 7) is 0.544. The van der Waals surface area contributed by atoms with E-state index in [2.05, 4.69) is 5.32 Å². The minimum absolute atomic E-state index is 0.0100. The fraction of sp³-hybridized carbons (Fsp3) is 0.500. The molecule has 1 aliphatic rings. The van der Waals surface area contributed by atoms with E-state index in [1.54, 1.807) is 6.07 Å². The molecule has 0 radical (unpaired) electrons. The molecule has 0 unspecified atom stereocenters. The summed E-state index contributed by atoms with van der Waals surface area (Å²) in [7, 11) is 0. The van der Waals surface area contributed by atoms with Gasteiger partial charge in [0.15, 0.2) is 0 Å². The van der Waals surface area contributed by atoms with E-state index >= 15 is 0 Å². The van der Waals surface area contributed by atoms with Crippen LogP contribution in [0.25, 0.3) is 0 Å². The van der Waals surface area contributed by atoms with Crippen molar-refractivity contribution in [2.24, 2.45) is 11.7 Å². The van der Waals surface area contributed by atoms with E-state index in [0.717, 1.165) is 31.2 Å². The number of rotatable bonds is 4. The Morgan fingerprint density at radius 1 is 1.37 bits per heavy atom. The first-order chi connectivity index (χ1) is 9.06. The van der Waals surface area contributed by atoms with Crippen LogP contribution in [-0.2, 0) is 11.3 Å². The first-order valence-corrected chi connectivity index (χ1v) is 6.90. The van der Waals surface area contributed by atoms with Crippen molar-refractivity contribution < 1.29 is 9.18 Å². The second kappa shape index (κ2) is 6.35. The highest BCUT2D eigenvalue weighted by molar-refractivity contribution is 6.31. The summed E-state index contributed by atoms with van der Waals surface area (Å²) in [5, 5.41) is 3.93. The van der Waals surface area contributed by atoms with Gasteiger partial charge in [0.05, 0.1) is 0 Å². The number of carbonyl (C=O) groups is 1. The highest BCUT2D eigenvalue weighted by Crippen LogP contribution is 2.24. The van der Waals surface area contributed by atoms with Gasteiger partial charge < -0.3 is 11.1 Å². The lowest BCUT2D eigenvalue weighted by Gasteiger charge is -2.27. The van der Waals surface area contributed by atoms with Crippen LogP contribution in [0, 0.1) is 11.7 Å². The standard InChI is InChI=1S/C14H18ClFN2O/c15-13-6-3-11(16)7-10(13)8-18-12-4-1-9(2-5-12)14(17)19/h3,6-7,9,12,18H,1-2,4-5,8H2,(H2,17,19). The molecule has 1 fully saturated rings. The van der Waals surface area contributed by atoms with Crippen LogP contribution in [0.3, 0.4) is 0 Å². The highest BCUT2D eigenvalue weighted by atomic mass is 35.5. The van der Waals surface area contributed by atoms with Crippen LogP contribution < -0.4 is 11.1 Å². The molecule has 3 nitrogen and oxygen atoms in total. The number of hydrogen-bond acceptors (Lipinski definition) is 2. The Balaban J connectivity index is 1.83. The molecule has 0 saturated heterocycles. The Kier molecular flexibility index (Phi) is 4.77. The minimum atomic E-state index is -0.279. The van der Waals surface area contributed by atoms with Crippen molar-refractivity contribution in [2.75, 3.05) is 0 Å². The van der Waals surface area contributed by atoms with E-state index in [9.17, 15) is 9.18 Å². The third-order valence-electron chi connectivity index (χ3n) is 3.72. The summed E-state index contributed by atoms with van der Waals surface area (Å²) >= 11 is 6.01. The summed E-state index contributed by atoms with van der Waals surface area (Å²) in [4.78, 5) is 11.1. The van der Waals surface area contributed by atoms with Crippen molar-refractivity contribution >= 4 is 17.5 Å². The Hall–Kier alpha value is -1.13. The van der Waals surface area contributed by atoms with Gasteiger partial charge in [-0.1, -0.05) is 11.6 Å². The van der Waals surface area contributed by atoms with E-state index in [1.807, 2.05) is 0 Å². The van der Waals surface area contributed by atoms with Crippen LogP contribution in [-0.4, -0.2) is 11.9 Å². The molecule has 0 bridgehead atoms. The molecule has 3 N–H and O–H groups in total. The number of nitrogens with two attached hydrogens (primary N) is 1. The van der Waals surface area contributed by atoms with E-state index in [0.29, 0.717) is 17.6 Å². The maximum atomic E-state index is 13.1. The summed E-state index contributed by atoms with van der Waals surface area (Å²) in [6, 6.07) is 4.71. The summed E-state index contributed by atoms with van der Waals surface area (Å²) in [5.74, 6) is -0.471. The molecule has 0 spiro atoms. The van der Waals surface area contributed by atoms with Gasteiger partial charge in [-0.05, 0) is 49.4 Å². The Labute approximate surface area is 117 Å². The zero-order valence-corrected chi connectivity index (χ0v) is 11.4. The third kappa shape index (κ3) is 3.91. The summed E-state index contributed by atoms with van der Waals surface area (Å²) in [5.41, 5.74) is 6.06. The van der Waals surface area contributed by atoms with Gasteiger partial charge in [-0.3, -0.25) is 4.79 Å². The quantitative estimate of drug-likeness (QED) is 0.893. The van der Waals surface area contributed by atoms with Crippen LogP contribution in [0.1, 0.15) is 31.2 Å². The fourth-order valence-electron chi connectivity index (χ4n) is 2.52. The lowest BCUT2D eigenvalue weighted by Crippen LogP contribution is -2.36. The van der Waals surface area contributed by atoms with Crippen molar-refractivity contribution in [3.05, 3.63) is 34.6 Å². The number of primary amides is 1. The van der Waals surface area contributed by atoms with Crippen LogP contribution in [0.4, 0.5) is 4.39 Å². The van der Waals surface area contributed by atoms with Crippen molar-refractivity contribution in [2.45, 2.75) is 38.3 Å². The number of hydrogen-bond donors (Lipinski definition) is 2. The first-order valence-electron chi connectivity index (χ1n) is 6.53. The molecule has 0 aromatic heterocycles. The average molecular weight is 285 g/mol. The monoisotopic (exact) mass is 284 g/mol. The molecule has 19 heavy (non-hydrogen) atoms. The maximum Gasteiger partial charge on any atom is 0.220 e. The molecule has 0 atom stereocenters. The maximum absolute atomic E-state index is 13.1. The summed E-state index contributed by atoms with van der Waals surface area (Å²) < 4.78 is 13.1. The van der Waals surface area contributed by atoms with E-state index < -0.39 is 0 Å². The average Bonchev–Trinajstić information content (AvgIpc) is 2.40. The van der Waals surface area contributed by atoms with Crippen LogP contribution in [0.15, 0.2) is 18.2 Å². The summed E-state index contributed by atoms with van der Waals surface area (Å²) in [6.07, 6.45) is 3.48. The van der Waals surface area contributed by atoms with Gasteiger partial charge >= 0.3 is 0 Å². The van der Waals surface area contributed by atoms with Crippen molar-refractivity contribution in [1.82, 2.24) is 5.32 Å². The molecular formula is C14H18ClFN2O. The molecule has 104 valence electrons. The third-order valence-corrected chi connectivity index (χ3v) is 4.09. The lowest BCUT2D eigenvalue weighted by molar-refractivity contribution is -0.122. The second-order valence-electron chi connectivity index (χ2n) is 5.07. The van der Waals surface area contributed by atoms with Crippen LogP contribution in [0.5, 0.6) is 0 Å². The molecule has 5 heteroatoms. The van der Waals surface area contributed by atoms with Crippen LogP contribution in [0.2, 0.25) is 5.02 Å². The molecule has 1 aromatic rings. The van der Waals surface area contributed by atoms with Gasteiger partial charge in [0, 0.05) is 23.5 Å². The molecular weight excluding hydrogens is 267 g/mol. The van der Waals surface area contributed by atoms with Gasteiger partial charge in [-0.15, -0.1) is 0 Å². The van der Waals surface area contributed by atoms with Crippen molar-refractivity contribution in [3.8, 4) is 0 Å². The Morgan fingerprint density at radius 3 is 2.68 bits per heavy atom. The van der Waals surface area contributed by atoms with Crippen molar-refractivity contribution in [1.29, 1.82) is 0 Å².